The van der Waals surface area contributed by atoms with Gasteiger partial charge in [0, 0.05) is 30.5 Å². The van der Waals surface area contributed by atoms with Gasteiger partial charge in [-0.2, -0.15) is 36.7 Å². The molecule has 0 aliphatic heterocycles. The Morgan fingerprint density at radius 1 is 1.10 bits per heavy atom. The van der Waals surface area contributed by atoms with Crippen molar-refractivity contribution in [2.75, 3.05) is 5.32 Å². The number of aromatic nitrogens is 4. The van der Waals surface area contributed by atoms with Crippen LogP contribution in [0.4, 0.5) is 36.4 Å². The molecule has 4 aromatic rings. The van der Waals surface area contributed by atoms with Crippen molar-refractivity contribution in [3.8, 4) is 17.3 Å². The lowest BCUT2D eigenvalue weighted by Crippen LogP contribution is -2.27. The molecule has 2 N–H and O–H groups in total. The third kappa shape index (κ3) is 6.21. The van der Waals surface area contributed by atoms with E-state index in [1.807, 2.05) is 0 Å². The van der Waals surface area contributed by atoms with E-state index in [4.69, 9.17) is 0 Å². The van der Waals surface area contributed by atoms with Gasteiger partial charge in [-0.3, -0.25) is 14.6 Å². The number of nitriles is 1. The number of hydrogen-bond donors (Lipinski definition) is 2. The number of fused-ring (bicyclic) bond motifs is 1. The van der Waals surface area contributed by atoms with E-state index in [-0.39, 0.29) is 28.6 Å². The summed E-state index contributed by atoms with van der Waals surface area (Å²) in [5.74, 6) is -0.971. The molecule has 15 heteroatoms. The highest BCUT2D eigenvalue weighted by molar-refractivity contribution is 5.87. The maximum absolute atomic E-state index is 15.0. The van der Waals surface area contributed by atoms with E-state index in [0.29, 0.717) is 25.1 Å². The van der Waals surface area contributed by atoms with E-state index < -0.39 is 57.7 Å². The summed E-state index contributed by atoms with van der Waals surface area (Å²) in [6.07, 6.45) is -6.27. The molecule has 0 radical (unpaired) electrons. The van der Waals surface area contributed by atoms with E-state index in [2.05, 4.69) is 15.4 Å². The lowest BCUT2D eigenvalue weighted by Gasteiger charge is -2.18. The Morgan fingerprint density at radius 3 is 2.49 bits per heavy atom. The second-order valence-electron chi connectivity index (χ2n) is 9.14. The summed E-state index contributed by atoms with van der Waals surface area (Å²) in [5, 5.41) is 17.3. The minimum absolute atomic E-state index is 0.0326. The van der Waals surface area contributed by atoms with Crippen LogP contribution in [0, 0.1) is 17.1 Å². The Bertz CT molecular complexity index is 1770. The van der Waals surface area contributed by atoms with E-state index >= 15 is 4.39 Å². The van der Waals surface area contributed by atoms with Crippen molar-refractivity contribution in [3.63, 3.8) is 0 Å². The molecule has 0 spiro atoms. The highest BCUT2D eigenvalue weighted by atomic mass is 19.4. The van der Waals surface area contributed by atoms with Crippen molar-refractivity contribution in [2.45, 2.75) is 44.7 Å². The number of nitrogens with zero attached hydrogens (tertiary/aromatic N) is 4. The van der Waals surface area contributed by atoms with Crippen LogP contribution in [0.3, 0.4) is 0 Å². The highest BCUT2D eigenvalue weighted by Crippen LogP contribution is 2.34. The lowest BCUT2D eigenvalue weighted by molar-refractivity contribution is -0.138. The molecule has 41 heavy (non-hydrogen) atoms. The number of alkyl halides is 6. The molecule has 0 aliphatic rings. The number of nitrogens with one attached hydrogen (secondary N) is 2. The molecule has 3 aromatic heterocycles. The Kier molecular flexibility index (Phi) is 7.87. The number of rotatable bonds is 7. The molecule has 1 atom stereocenters. The number of H-pyrrole nitrogens is 1. The van der Waals surface area contributed by atoms with Gasteiger partial charge in [0.15, 0.2) is 0 Å². The van der Waals surface area contributed by atoms with Crippen molar-refractivity contribution < 1.29 is 30.7 Å². The van der Waals surface area contributed by atoms with Crippen molar-refractivity contribution in [2.24, 2.45) is 0 Å². The van der Waals surface area contributed by atoms with Gasteiger partial charge in [-0.25, -0.2) is 9.49 Å². The van der Waals surface area contributed by atoms with Crippen LogP contribution in [0.15, 0.2) is 52.4 Å². The number of pyridine rings is 2. The molecule has 4 rings (SSSR count). The number of hydrogen-bond acceptors (Lipinski definition) is 6. The van der Waals surface area contributed by atoms with Gasteiger partial charge in [-0.15, -0.1) is 0 Å². The summed E-state index contributed by atoms with van der Waals surface area (Å²) in [7, 11) is 0. The average Bonchev–Trinajstić information content (AvgIpc) is 2.88. The minimum Gasteiger partial charge on any atom is -0.381 e. The zero-order chi connectivity index (χ0) is 30.1. The van der Waals surface area contributed by atoms with Crippen LogP contribution in [-0.4, -0.2) is 25.8 Å². The summed E-state index contributed by atoms with van der Waals surface area (Å²) in [4.78, 5) is 28.2. The van der Waals surface area contributed by atoms with Crippen LogP contribution in [0.1, 0.15) is 36.5 Å². The first kappa shape index (κ1) is 29.2. The maximum Gasteiger partial charge on any atom is 0.423 e. The average molecular weight is 580 g/mol. The topological polar surface area (TPSA) is 116 Å². The Labute approximate surface area is 226 Å². The lowest BCUT2D eigenvalue weighted by atomic mass is 10.0. The van der Waals surface area contributed by atoms with Crippen molar-refractivity contribution >= 4 is 16.5 Å². The van der Waals surface area contributed by atoms with Crippen molar-refractivity contribution in [1.29, 1.82) is 5.26 Å². The molecule has 0 unspecified atom stereocenters. The van der Waals surface area contributed by atoms with Crippen LogP contribution in [0.2, 0.25) is 0 Å². The molecule has 0 saturated carbocycles. The first-order valence-corrected chi connectivity index (χ1v) is 11.9. The fourth-order valence-corrected chi connectivity index (χ4v) is 4.28. The van der Waals surface area contributed by atoms with Gasteiger partial charge in [0.05, 0.1) is 34.1 Å². The molecule has 1 aromatic carbocycles. The third-order valence-corrected chi connectivity index (χ3v) is 6.23. The molecular formula is C26H19F7N6O2. The number of halogens is 7. The van der Waals surface area contributed by atoms with Gasteiger partial charge in [-0.05, 0) is 49.4 Å². The molecular weight excluding hydrogens is 561 g/mol. The summed E-state index contributed by atoms with van der Waals surface area (Å²) in [5.41, 5.74) is -6.07. The maximum atomic E-state index is 15.0. The van der Waals surface area contributed by atoms with Gasteiger partial charge in [-0.1, -0.05) is 0 Å². The zero-order valence-electron chi connectivity index (χ0n) is 21.0. The van der Waals surface area contributed by atoms with E-state index in [9.17, 15) is 41.2 Å². The van der Waals surface area contributed by atoms with Gasteiger partial charge in [0.25, 0.3) is 11.1 Å². The van der Waals surface area contributed by atoms with Gasteiger partial charge < -0.3 is 9.88 Å². The minimum atomic E-state index is -4.90. The van der Waals surface area contributed by atoms with Gasteiger partial charge >= 0.3 is 12.4 Å². The molecule has 214 valence electrons. The summed E-state index contributed by atoms with van der Waals surface area (Å²) < 4.78 is 95.0. The number of aromatic amines is 1. The first-order valence-electron chi connectivity index (χ1n) is 11.9. The molecule has 3 heterocycles. The van der Waals surface area contributed by atoms with Gasteiger partial charge in [0.2, 0.25) is 0 Å². The summed E-state index contributed by atoms with van der Waals surface area (Å²) in [6.45, 7) is 1.72. The molecule has 0 saturated heterocycles. The molecule has 0 aliphatic carbocycles. The normalized spacial score (nSPS) is 12.8. The highest BCUT2D eigenvalue weighted by Gasteiger charge is 2.37. The molecule has 0 amide bonds. The Balaban J connectivity index is 1.52. The standard InChI is InChI=1S/C26H19F7N6O2/c1-13(37-20-12-36-38-23(40)21(20)26(31,32)33)3-2-5-39-6-4-14-8-18(19(27)9-17(14)24(39)41)22-15(10-34)7-16(11-35-22)25(28,29)30/h4,6-9,11-13H,2-3,5H2,1H3,(H2,37,38,40)/t13-/m0/s1. The Hall–Kier alpha value is -4.74. The largest absolute Gasteiger partial charge is 0.423 e. The van der Waals surface area contributed by atoms with Crippen LogP contribution in [0.25, 0.3) is 22.0 Å². The monoisotopic (exact) mass is 580 g/mol. The van der Waals surface area contributed by atoms with Crippen LogP contribution in [0.5, 0.6) is 0 Å². The van der Waals surface area contributed by atoms with E-state index in [1.165, 1.54) is 22.9 Å². The molecule has 8 nitrogen and oxygen atoms in total. The van der Waals surface area contributed by atoms with Gasteiger partial charge in [0.1, 0.15) is 17.4 Å². The summed E-state index contributed by atoms with van der Waals surface area (Å²) >= 11 is 0. The van der Waals surface area contributed by atoms with Crippen LogP contribution in [-0.2, 0) is 18.9 Å². The van der Waals surface area contributed by atoms with E-state index in [0.717, 1.165) is 12.3 Å². The summed E-state index contributed by atoms with van der Waals surface area (Å²) in [6, 6.07) is 5.22. The quantitative estimate of drug-likeness (QED) is 0.280. The van der Waals surface area contributed by atoms with Crippen molar-refractivity contribution in [3.05, 3.63) is 86.1 Å². The fraction of sp³-hybridized carbons (Fsp3) is 0.269. The van der Waals surface area contributed by atoms with Crippen LogP contribution < -0.4 is 16.4 Å². The smallest absolute Gasteiger partial charge is 0.381 e. The predicted octanol–water partition coefficient (Wildman–Crippen LogP) is 5.48. The van der Waals surface area contributed by atoms with Crippen molar-refractivity contribution in [1.82, 2.24) is 19.7 Å². The first-order chi connectivity index (χ1) is 19.2. The number of anilines is 1. The molecule has 0 bridgehead atoms. The zero-order valence-corrected chi connectivity index (χ0v) is 21.0. The third-order valence-electron chi connectivity index (χ3n) is 6.23. The second-order valence-corrected chi connectivity index (χ2v) is 9.14. The molecule has 0 fully saturated rings. The Morgan fingerprint density at radius 2 is 1.83 bits per heavy atom. The SMILES string of the molecule is C[C@@H](CCCn1ccc2cc(-c3ncc(C(F)(F)F)cc3C#N)c(F)cc2c1=O)Nc1cn[nH]c(=O)c1C(F)(F)F. The number of benzene rings is 1. The fourth-order valence-electron chi connectivity index (χ4n) is 4.28. The second kappa shape index (κ2) is 11.0. The number of aryl methyl sites for hydroxylation is 1. The predicted molar refractivity (Wildman–Crippen MR) is 133 cm³/mol. The van der Waals surface area contributed by atoms with E-state index in [1.54, 1.807) is 18.1 Å². The van der Waals surface area contributed by atoms with Crippen LogP contribution >= 0.6 is 0 Å².